The zero-order valence-electron chi connectivity index (χ0n) is 24.4. The molecule has 2 heteroatoms. The third-order valence-corrected chi connectivity index (χ3v) is 11.9. The molecule has 0 spiro atoms. The van der Waals surface area contributed by atoms with E-state index in [1.165, 1.54) is 0 Å². The van der Waals surface area contributed by atoms with Crippen LogP contribution < -0.4 is 0 Å². The van der Waals surface area contributed by atoms with E-state index in [-0.39, 0.29) is 63.0 Å². The maximum absolute atomic E-state index is 2.57. The maximum atomic E-state index is 2.57. The molecule has 4 fully saturated rings. The Bertz CT molecular complexity index is 439. The van der Waals surface area contributed by atoms with E-state index >= 15 is 0 Å². The van der Waals surface area contributed by atoms with E-state index in [4.69, 9.17) is 0 Å². The maximum Gasteiger partial charge on any atom is 4.00 e. The van der Waals surface area contributed by atoms with Gasteiger partial charge in [-0.2, -0.15) is 0 Å². The SMILES string of the molecule is C.CC1C(C)C(C)C(C)C1C.C[Si](C)(C)CC1CCC2CC3CCCC3CC21.[CH3-].[CH3-].[CH3-].[CH3-].[Hf+4]. The molecule has 4 aliphatic rings. The van der Waals surface area contributed by atoms with Crippen molar-refractivity contribution in [1.82, 2.24) is 0 Å². The van der Waals surface area contributed by atoms with Crippen LogP contribution >= 0.6 is 0 Å². The van der Waals surface area contributed by atoms with E-state index in [1.54, 1.807) is 51.0 Å². The minimum atomic E-state index is -0.832. The zero-order chi connectivity index (χ0) is 19.9. The molecule has 5 unspecified atom stereocenters. The third-order valence-electron chi connectivity index (χ3n) is 10.1. The van der Waals surface area contributed by atoms with E-state index in [9.17, 15) is 0 Å². The summed E-state index contributed by atoms with van der Waals surface area (Å²) >= 11 is 0. The predicted octanol–water partition coefficient (Wildman–Crippen LogP) is 10.8. The molecule has 4 aliphatic carbocycles. The van der Waals surface area contributed by atoms with Crippen molar-refractivity contribution in [2.45, 2.75) is 113 Å². The molecule has 0 N–H and O–H groups in total. The van der Waals surface area contributed by atoms with Gasteiger partial charge in [-0.1, -0.05) is 93.4 Å². The first-order chi connectivity index (χ1) is 12.6. The molecule has 0 radical (unpaired) electrons. The molecule has 0 saturated heterocycles. The third kappa shape index (κ3) is 9.81. The average molecular weight is 645 g/mol. The van der Waals surface area contributed by atoms with E-state index in [0.29, 0.717) is 0 Å². The van der Waals surface area contributed by atoms with Crippen LogP contribution in [-0.2, 0) is 25.8 Å². The van der Waals surface area contributed by atoms with Gasteiger partial charge < -0.3 is 29.7 Å². The Morgan fingerprint density at radius 1 is 0.576 bits per heavy atom. The second-order valence-electron chi connectivity index (χ2n) is 12.7. The summed E-state index contributed by atoms with van der Waals surface area (Å²) in [5, 5.41) is 0. The molecule has 198 valence electrons. The molecule has 33 heavy (non-hydrogen) atoms. The molecule has 4 saturated carbocycles. The Balaban J connectivity index is -0.000000235. The van der Waals surface area contributed by atoms with Crippen molar-refractivity contribution in [2.24, 2.45) is 59.2 Å². The molecular weight excluding hydrogens is 579 g/mol. The fraction of sp³-hybridized carbons (Fsp3) is 0.871. The standard InChI is InChI=1S/C16H30Si.C10H20.CH4.4CH3.Hf/c1-17(2,3)11-15-8-7-14-9-12-5-4-6-13(12)10-16(14)15;1-6-7(2)9(4)10(5)8(6)3;;;;;;/h12-16H,4-11H2,1-3H3;6-10H,1-5H3;1H4;4*1H3;/q;;;4*-1;+4. The van der Waals surface area contributed by atoms with Gasteiger partial charge in [0.1, 0.15) is 0 Å². The minimum absolute atomic E-state index is 0. The van der Waals surface area contributed by atoms with Crippen LogP contribution in [0.3, 0.4) is 0 Å². The van der Waals surface area contributed by atoms with E-state index in [2.05, 4.69) is 54.3 Å². The van der Waals surface area contributed by atoms with Gasteiger partial charge in [-0.3, -0.25) is 0 Å². The smallest absolute Gasteiger partial charge is 0.358 e. The van der Waals surface area contributed by atoms with Gasteiger partial charge >= 0.3 is 25.8 Å². The van der Waals surface area contributed by atoms with Crippen LogP contribution in [0.4, 0.5) is 0 Å². The second-order valence-corrected chi connectivity index (χ2v) is 18.3. The van der Waals surface area contributed by atoms with Gasteiger partial charge in [0.15, 0.2) is 0 Å². The van der Waals surface area contributed by atoms with Crippen molar-refractivity contribution >= 4 is 8.07 Å². The van der Waals surface area contributed by atoms with Gasteiger partial charge in [0.2, 0.25) is 0 Å². The number of hydrogen-bond donors (Lipinski definition) is 0. The predicted molar refractivity (Wildman–Crippen MR) is 156 cm³/mol. The van der Waals surface area contributed by atoms with Crippen LogP contribution in [-0.4, -0.2) is 8.07 Å². The summed E-state index contributed by atoms with van der Waals surface area (Å²) in [4.78, 5) is 0. The molecular formula is C31H66HfSi. The van der Waals surface area contributed by atoms with Gasteiger partial charge in [0, 0.05) is 8.07 Å². The summed E-state index contributed by atoms with van der Waals surface area (Å²) in [7, 11) is -0.832. The second kappa shape index (κ2) is 16.8. The summed E-state index contributed by atoms with van der Waals surface area (Å²) in [6.45, 7) is 19.7. The molecule has 5 atom stereocenters. The Labute approximate surface area is 234 Å². The molecule has 0 bridgehead atoms. The van der Waals surface area contributed by atoms with E-state index in [0.717, 1.165) is 59.2 Å². The van der Waals surface area contributed by atoms with Gasteiger partial charge in [-0.05, 0) is 78.4 Å². The van der Waals surface area contributed by atoms with Gasteiger partial charge in [-0.25, -0.2) is 0 Å². The molecule has 0 nitrogen and oxygen atoms in total. The van der Waals surface area contributed by atoms with E-state index < -0.39 is 8.07 Å². The molecule has 4 rings (SSSR count). The molecule has 0 aromatic rings. The Hall–Kier alpha value is 1.09. The van der Waals surface area contributed by atoms with Crippen LogP contribution in [0.1, 0.15) is 87.0 Å². The first-order valence-electron chi connectivity index (χ1n) is 12.6. The fourth-order valence-electron chi connectivity index (χ4n) is 7.83. The number of fused-ring (bicyclic) bond motifs is 2. The Morgan fingerprint density at radius 3 is 1.36 bits per heavy atom. The van der Waals surface area contributed by atoms with Crippen LogP contribution in [0.2, 0.25) is 25.7 Å². The Morgan fingerprint density at radius 2 is 0.970 bits per heavy atom. The Kier molecular flexibility index (Phi) is 20.9. The quantitative estimate of drug-likeness (QED) is 0.207. The molecule has 0 aliphatic heterocycles. The average Bonchev–Trinajstić information content (AvgIpc) is 3.25. The first-order valence-corrected chi connectivity index (χ1v) is 16.3. The van der Waals surface area contributed by atoms with Gasteiger partial charge in [0.05, 0.1) is 0 Å². The zero-order valence-corrected chi connectivity index (χ0v) is 29.0. The van der Waals surface area contributed by atoms with Crippen LogP contribution in [0.15, 0.2) is 0 Å². The normalized spacial score (nSPS) is 40.4. The molecule has 0 aromatic heterocycles. The first kappa shape index (κ1) is 41.2. The largest absolute Gasteiger partial charge is 4.00 e. The van der Waals surface area contributed by atoms with E-state index in [1.807, 2.05) is 0 Å². The van der Waals surface area contributed by atoms with Crippen molar-refractivity contribution in [1.29, 1.82) is 0 Å². The molecule has 0 heterocycles. The molecule has 0 amide bonds. The molecule has 0 aromatic carbocycles. The summed E-state index contributed by atoms with van der Waals surface area (Å²) in [6, 6.07) is 1.62. The van der Waals surface area contributed by atoms with Crippen molar-refractivity contribution < 1.29 is 25.8 Å². The van der Waals surface area contributed by atoms with Gasteiger partial charge in [0.25, 0.3) is 0 Å². The number of rotatable bonds is 2. The summed E-state index contributed by atoms with van der Waals surface area (Å²) in [5.74, 6) is 10.4. The van der Waals surface area contributed by atoms with Crippen LogP contribution in [0.5, 0.6) is 0 Å². The monoisotopic (exact) mass is 646 g/mol. The van der Waals surface area contributed by atoms with Crippen LogP contribution in [0, 0.1) is 88.9 Å². The van der Waals surface area contributed by atoms with Crippen LogP contribution in [0.25, 0.3) is 0 Å². The van der Waals surface area contributed by atoms with Crippen molar-refractivity contribution in [3.8, 4) is 0 Å². The number of hydrogen-bond acceptors (Lipinski definition) is 0. The topological polar surface area (TPSA) is 0 Å². The van der Waals surface area contributed by atoms with Crippen molar-refractivity contribution in [2.75, 3.05) is 0 Å². The van der Waals surface area contributed by atoms with Gasteiger partial charge in [-0.15, -0.1) is 0 Å². The summed E-state index contributed by atoms with van der Waals surface area (Å²) in [5.41, 5.74) is 0. The fourth-order valence-corrected chi connectivity index (χ4v) is 9.91. The van der Waals surface area contributed by atoms with Crippen molar-refractivity contribution in [3.05, 3.63) is 29.7 Å². The summed E-state index contributed by atoms with van der Waals surface area (Å²) in [6.07, 6.45) is 11.1. The summed E-state index contributed by atoms with van der Waals surface area (Å²) < 4.78 is 0. The van der Waals surface area contributed by atoms with Crippen molar-refractivity contribution in [3.63, 3.8) is 0 Å². The minimum Gasteiger partial charge on any atom is -0.358 e.